The van der Waals surface area contributed by atoms with E-state index in [1.54, 1.807) is 23.2 Å². The predicted octanol–water partition coefficient (Wildman–Crippen LogP) is 3.27. The van der Waals surface area contributed by atoms with E-state index in [1.807, 2.05) is 20.8 Å². The number of aromatic amines is 1. The second-order valence-electron chi connectivity index (χ2n) is 6.55. The van der Waals surface area contributed by atoms with Gasteiger partial charge in [0.2, 0.25) is 0 Å². The second kappa shape index (κ2) is 6.73. The average Bonchev–Trinajstić information content (AvgIpc) is 3.04. The van der Waals surface area contributed by atoms with Crippen LogP contribution in [0.4, 0.5) is 4.39 Å². The number of benzene rings is 1. The van der Waals surface area contributed by atoms with Crippen molar-refractivity contribution in [2.75, 3.05) is 13.1 Å². The molecule has 0 spiro atoms. The molecule has 2 aromatic rings. The summed E-state index contributed by atoms with van der Waals surface area (Å²) in [7, 11) is 0. The SMILES string of the molecule is CC(C)c1[nH]ncc1C(=O)N1C[C@@H](C)O[C@@H](c2ccc(F)cc2)C1. The Hall–Kier alpha value is -2.21. The lowest BCUT2D eigenvalue weighted by Crippen LogP contribution is -2.46. The molecular formula is C18H22FN3O2. The summed E-state index contributed by atoms with van der Waals surface area (Å²) in [5.41, 5.74) is 2.33. The van der Waals surface area contributed by atoms with Crippen LogP contribution in [0.3, 0.4) is 0 Å². The van der Waals surface area contributed by atoms with Crippen molar-refractivity contribution < 1.29 is 13.9 Å². The first-order valence-electron chi connectivity index (χ1n) is 8.19. The van der Waals surface area contributed by atoms with Gasteiger partial charge in [-0.05, 0) is 30.5 Å². The fraction of sp³-hybridized carbons (Fsp3) is 0.444. The van der Waals surface area contributed by atoms with E-state index in [0.717, 1.165) is 11.3 Å². The molecular weight excluding hydrogens is 309 g/mol. The summed E-state index contributed by atoms with van der Waals surface area (Å²) >= 11 is 0. The number of halogens is 1. The van der Waals surface area contributed by atoms with E-state index in [9.17, 15) is 9.18 Å². The molecule has 1 aliphatic heterocycles. The average molecular weight is 331 g/mol. The summed E-state index contributed by atoms with van der Waals surface area (Å²) < 4.78 is 19.1. The lowest BCUT2D eigenvalue weighted by molar-refractivity contribution is -0.0692. The zero-order valence-electron chi connectivity index (χ0n) is 14.1. The van der Waals surface area contributed by atoms with E-state index in [4.69, 9.17) is 4.74 Å². The van der Waals surface area contributed by atoms with Gasteiger partial charge in [0.25, 0.3) is 5.91 Å². The molecule has 0 unspecified atom stereocenters. The molecule has 1 aliphatic rings. The van der Waals surface area contributed by atoms with Gasteiger partial charge in [0, 0.05) is 6.54 Å². The van der Waals surface area contributed by atoms with Crippen LogP contribution in [0.2, 0.25) is 0 Å². The van der Waals surface area contributed by atoms with Gasteiger partial charge in [-0.3, -0.25) is 9.89 Å². The molecule has 128 valence electrons. The third-order valence-electron chi connectivity index (χ3n) is 4.27. The molecule has 1 fully saturated rings. The Bertz CT molecular complexity index is 711. The lowest BCUT2D eigenvalue weighted by Gasteiger charge is -2.37. The monoisotopic (exact) mass is 331 g/mol. The van der Waals surface area contributed by atoms with Crippen molar-refractivity contribution in [2.24, 2.45) is 0 Å². The number of amides is 1. The van der Waals surface area contributed by atoms with Crippen LogP contribution in [-0.4, -0.2) is 40.2 Å². The maximum absolute atomic E-state index is 13.1. The van der Waals surface area contributed by atoms with Crippen LogP contribution in [0.1, 0.15) is 54.4 Å². The highest BCUT2D eigenvalue weighted by molar-refractivity contribution is 5.95. The predicted molar refractivity (Wildman–Crippen MR) is 88.3 cm³/mol. The largest absolute Gasteiger partial charge is 0.367 e. The van der Waals surface area contributed by atoms with Crippen molar-refractivity contribution in [1.29, 1.82) is 0 Å². The van der Waals surface area contributed by atoms with Crippen LogP contribution in [0.5, 0.6) is 0 Å². The Labute approximate surface area is 140 Å². The van der Waals surface area contributed by atoms with Gasteiger partial charge >= 0.3 is 0 Å². The number of rotatable bonds is 3. The van der Waals surface area contributed by atoms with E-state index in [2.05, 4.69) is 10.2 Å². The molecule has 0 bridgehead atoms. The number of H-pyrrole nitrogens is 1. The molecule has 24 heavy (non-hydrogen) atoms. The zero-order valence-corrected chi connectivity index (χ0v) is 14.1. The first-order chi connectivity index (χ1) is 11.5. The van der Waals surface area contributed by atoms with Crippen molar-refractivity contribution in [3.05, 3.63) is 53.1 Å². The van der Waals surface area contributed by atoms with Crippen LogP contribution in [0, 0.1) is 5.82 Å². The van der Waals surface area contributed by atoms with Crippen LogP contribution >= 0.6 is 0 Å². The molecule has 1 saturated heterocycles. The molecule has 1 amide bonds. The second-order valence-corrected chi connectivity index (χ2v) is 6.55. The minimum Gasteiger partial charge on any atom is -0.367 e. The van der Waals surface area contributed by atoms with Crippen molar-refractivity contribution in [3.8, 4) is 0 Å². The highest BCUT2D eigenvalue weighted by atomic mass is 19.1. The third-order valence-corrected chi connectivity index (χ3v) is 4.27. The molecule has 0 aliphatic carbocycles. The van der Waals surface area contributed by atoms with Crippen molar-refractivity contribution >= 4 is 5.91 Å². The first kappa shape index (κ1) is 16.6. The van der Waals surface area contributed by atoms with Gasteiger partial charge in [0.1, 0.15) is 11.9 Å². The van der Waals surface area contributed by atoms with E-state index in [1.165, 1.54) is 12.1 Å². The number of aromatic nitrogens is 2. The van der Waals surface area contributed by atoms with E-state index in [-0.39, 0.29) is 29.9 Å². The Balaban J connectivity index is 1.81. The summed E-state index contributed by atoms with van der Waals surface area (Å²) in [4.78, 5) is 14.7. The number of morpholine rings is 1. The number of hydrogen-bond donors (Lipinski definition) is 1. The number of nitrogens with zero attached hydrogens (tertiary/aromatic N) is 2. The highest BCUT2D eigenvalue weighted by Crippen LogP contribution is 2.27. The minimum absolute atomic E-state index is 0.0466. The van der Waals surface area contributed by atoms with Crippen molar-refractivity contribution in [2.45, 2.75) is 38.9 Å². The Morgan fingerprint density at radius 3 is 2.71 bits per heavy atom. The van der Waals surface area contributed by atoms with Crippen LogP contribution < -0.4 is 0 Å². The summed E-state index contributed by atoms with van der Waals surface area (Å²) in [6, 6.07) is 6.24. The lowest BCUT2D eigenvalue weighted by atomic mass is 10.0. The summed E-state index contributed by atoms with van der Waals surface area (Å²) in [5, 5.41) is 6.93. The Morgan fingerprint density at radius 1 is 1.33 bits per heavy atom. The Morgan fingerprint density at radius 2 is 2.04 bits per heavy atom. The summed E-state index contributed by atoms with van der Waals surface area (Å²) in [5.74, 6) is -0.136. The Kier molecular flexibility index (Phi) is 4.66. The molecule has 2 heterocycles. The summed E-state index contributed by atoms with van der Waals surface area (Å²) in [6.45, 7) is 6.95. The number of nitrogens with one attached hydrogen (secondary N) is 1. The van der Waals surface area contributed by atoms with Gasteiger partial charge in [0.15, 0.2) is 0 Å². The smallest absolute Gasteiger partial charge is 0.257 e. The molecule has 0 radical (unpaired) electrons. The molecule has 5 nitrogen and oxygen atoms in total. The molecule has 1 aromatic heterocycles. The molecule has 1 aromatic carbocycles. The molecule has 1 N–H and O–H groups in total. The molecule has 6 heteroatoms. The van der Waals surface area contributed by atoms with Crippen LogP contribution in [0.15, 0.2) is 30.5 Å². The van der Waals surface area contributed by atoms with Crippen LogP contribution in [-0.2, 0) is 4.74 Å². The maximum Gasteiger partial charge on any atom is 0.257 e. The normalized spacial score (nSPS) is 21.3. The van der Waals surface area contributed by atoms with E-state index < -0.39 is 0 Å². The molecule has 3 rings (SSSR count). The summed E-state index contributed by atoms with van der Waals surface area (Å²) in [6.07, 6.45) is 1.24. The quantitative estimate of drug-likeness (QED) is 0.939. The fourth-order valence-electron chi connectivity index (χ4n) is 3.06. The van der Waals surface area contributed by atoms with Gasteiger partial charge < -0.3 is 9.64 Å². The number of ether oxygens (including phenoxy) is 1. The van der Waals surface area contributed by atoms with Gasteiger partial charge in [-0.25, -0.2) is 4.39 Å². The van der Waals surface area contributed by atoms with Gasteiger partial charge in [-0.2, -0.15) is 5.10 Å². The van der Waals surface area contributed by atoms with E-state index >= 15 is 0 Å². The van der Waals surface area contributed by atoms with Crippen molar-refractivity contribution in [1.82, 2.24) is 15.1 Å². The van der Waals surface area contributed by atoms with Gasteiger partial charge in [-0.1, -0.05) is 26.0 Å². The number of hydrogen-bond acceptors (Lipinski definition) is 3. The minimum atomic E-state index is -0.282. The topological polar surface area (TPSA) is 58.2 Å². The number of carbonyl (C=O) groups is 1. The number of carbonyl (C=O) groups excluding carboxylic acids is 1. The third kappa shape index (κ3) is 3.33. The first-order valence-corrected chi connectivity index (χ1v) is 8.19. The van der Waals surface area contributed by atoms with Gasteiger partial charge in [0.05, 0.1) is 30.1 Å². The van der Waals surface area contributed by atoms with Crippen molar-refractivity contribution in [3.63, 3.8) is 0 Å². The zero-order chi connectivity index (χ0) is 17.3. The fourth-order valence-corrected chi connectivity index (χ4v) is 3.06. The van der Waals surface area contributed by atoms with Crippen LogP contribution in [0.25, 0.3) is 0 Å². The highest BCUT2D eigenvalue weighted by Gasteiger charge is 2.31. The van der Waals surface area contributed by atoms with Gasteiger partial charge in [-0.15, -0.1) is 0 Å². The molecule has 0 saturated carbocycles. The molecule has 2 atom stereocenters. The standard InChI is InChI=1S/C18H22FN3O2/c1-11(2)17-15(8-20-21-17)18(23)22-9-12(3)24-16(10-22)13-4-6-14(19)7-5-13/h4-8,11-12,16H,9-10H2,1-3H3,(H,20,21)/t12-,16-/m1/s1. The maximum atomic E-state index is 13.1. The van der Waals surface area contributed by atoms with E-state index in [0.29, 0.717) is 18.7 Å².